The molecule has 0 radical (unpaired) electrons. The lowest BCUT2D eigenvalue weighted by atomic mass is 9.95. The van der Waals surface area contributed by atoms with Gasteiger partial charge in [0.15, 0.2) is 0 Å². The third-order valence-corrected chi connectivity index (χ3v) is 10.0. The van der Waals surface area contributed by atoms with E-state index in [1.807, 2.05) is 0 Å². The van der Waals surface area contributed by atoms with Crippen LogP contribution in [0.15, 0.2) is 192 Å². The van der Waals surface area contributed by atoms with E-state index in [2.05, 4.69) is 193 Å². The molecule has 0 aliphatic heterocycles. The zero-order valence-electron chi connectivity index (χ0n) is 27.3. The maximum absolute atomic E-state index is 6.83. The summed E-state index contributed by atoms with van der Waals surface area (Å²) in [7, 11) is 0. The van der Waals surface area contributed by atoms with E-state index < -0.39 is 0 Å². The summed E-state index contributed by atoms with van der Waals surface area (Å²) in [4.78, 5) is 2.40. The Hall–Kier alpha value is -6.64. The van der Waals surface area contributed by atoms with Gasteiger partial charge in [0, 0.05) is 22.3 Å². The van der Waals surface area contributed by atoms with Crippen molar-refractivity contribution in [1.29, 1.82) is 0 Å². The Morgan fingerprint density at radius 2 is 1.00 bits per heavy atom. The first-order valence-electron chi connectivity index (χ1n) is 17.1. The summed E-state index contributed by atoms with van der Waals surface area (Å²) in [6.07, 6.45) is 0. The van der Waals surface area contributed by atoms with Crippen LogP contribution < -0.4 is 4.90 Å². The van der Waals surface area contributed by atoms with Gasteiger partial charge in [0.25, 0.3) is 0 Å². The summed E-state index contributed by atoms with van der Waals surface area (Å²) in [6, 6.07) is 67.5. The summed E-state index contributed by atoms with van der Waals surface area (Å²) >= 11 is 0. The highest BCUT2D eigenvalue weighted by Gasteiger charge is 2.23. The Morgan fingerprint density at radius 1 is 0.360 bits per heavy atom. The van der Waals surface area contributed by atoms with Gasteiger partial charge in [-0.2, -0.15) is 0 Å². The van der Waals surface area contributed by atoms with Crippen LogP contribution in [0.1, 0.15) is 0 Å². The molecular formula is C48H31NO. The number of nitrogens with zero attached hydrogens (tertiary/aromatic N) is 1. The van der Waals surface area contributed by atoms with Gasteiger partial charge >= 0.3 is 0 Å². The Bertz CT molecular complexity index is 2880. The summed E-state index contributed by atoms with van der Waals surface area (Å²) in [6.45, 7) is 0. The monoisotopic (exact) mass is 637 g/mol. The molecule has 9 aromatic carbocycles. The fourth-order valence-corrected chi connectivity index (χ4v) is 7.69. The smallest absolute Gasteiger partial charge is 0.145 e. The van der Waals surface area contributed by atoms with Crippen molar-refractivity contribution in [2.75, 3.05) is 4.90 Å². The minimum atomic E-state index is 0.874. The number of hydrogen-bond acceptors (Lipinski definition) is 2. The van der Waals surface area contributed by atoms with Crippen molar-refractivity contribution in [3.63, 3.8) is 0 Å². The molecule has 0 N–H and O–H groups in total. The van der Waals surface area contributed by atoms with Crippen LogP contribution in [0, 0.1) is 0 Å². The summed E-state index contributed by atoms with van der Waals surface area (Å²) in [5, 5.41) is 9.55. The van der Waals surface area contributed by atoms with Gasteiger partial charge < -0.3 is 9.32 Å². The van der Waals surface area contributed by atoms with Crippen LogP contribution >= 0.6 is 0 Å². The first kappa shape index (κ1) is 28.4. The SMILES string of the molecule is c1ccc(-c2cccc(N(c3ccc4c(ccc5ccccc54)c3)c3ccc(-c4cccc5ccccc45)c4oc5ccccc5c34)c2)cc1. The second kappa shape index (κ2) is 11.5. The Labute approximate surface area is 290 Å². The van der Waals surface area contributed by atoms with Gasteiger partial charge in [-0.05, 0) is 91.5 Å². The summed E-state index contributed by atoms with van der Waals surface area (Å²) < 4.78 is 6.83. The molecule has 0 aliphatic rings. The van der Waals surface area contributed by atoms with Crippen LogP contribution in [0.25, 0.3) is 76.5 Å². The molecule has 10 aromatic rings. The van der Waals surface area contributed by atoms with Gasteiger partial charge in [-0.25, -0.2) is 0 Å². The van der Waals surface area contributed by atoms with Crippen molar-refractivity contribution in [2.45, 2.75) is 0 Å². The van der Waals surface area contributed by atoms with Crippen LogP contribution in [0.3, 0.4) is 0 Å². The number of fused-ring (bicyclic) bond motifs is 7. The van der Waals surface area contributed by atoms with Gasteiger partial charge in [0.1, 0.15) is 11.2 Å². The Kier molecular flexibility index (Phi) is 6.53. The predicted octanol–water partition coefficient (Wildman–Crippen LogP) is 13.8. The van der Waals surface area contributed by atoms with Crippen molar-refractivity contribution in [3.8, 4) is 22.3 Å². The molecule has 0 spiro atoms. The average molecular weight is 638 g/mol. The number of para-hydroxylation sites is 1. The van der Waals surface area contributed by atoms with Crippen LogP contribution in [-0.4, -0.2) is 0 Å². The van der Waals surface area contributed by atoms with Crippen LogP contribution in [-0.2, 0) is 0 Å². The zero-order chi connectivity index (χ0) is 33.0. The van der Waals surface area contributed by atoms with E-state index in [9.17, 15) is 0 Å². The van der Waals surface area contributed by atoms with Crippen molar-refractivity contribution < 1.29 is 4.42 Å². The van der Waals surface area contributed by atoms with Gasteiger partial charge in [-0.1, -0.05) is 146 Å². The molecule has 0 amide bonds. The molecule has 1 aromatic heterocycles. The molecule has 0 aliphatic carbocycles. The number of hydrogen-bond donors (Lipinski definition) is 0. The van der Waals surface area contributed by atoms with Gasteiger partial charge in [0.2, 0.25) is 0 Å². The molecule has 2 nitrogen and oxygen atoms in total. The molecule has 0 bridgehead atoms. The van der Waals surface area contributed by atoms with Crippen molar-refractivity contribution in [1.82, 2.24) is 0 Å². The molecular weight excluding hydrogens is 607 g/mol. The summed E-state index contributed by atoms with van der Waals surface area (Å²) in [5.74, 6) is 0. The zero-order valence-corrected chi connectivity index (χ0v) is 27.3. The number of anilines is 3. The molecule has 2 heteroatoms. The third-order valence-electron chi connectivity index (χ3n) is 10.0. The quantitative estimate of drug-likeness (QED) is 0.175. The van der Waals surface area contributed by atoms with E-state index in [4.69, 9.17) is 4.42 Å². The number of rotatable bonds is 5. The molecule has 0 saturated carbocycles. The minimum Gasteiger partial charge on any atom is -0.455 e. The summed E-state index contributed by atoms with van der Waals surface area (Å²) in [5.41, 5.74) is 9.59. The highest BCUT2D eigenvalue weighted by Crippen LogP contribution is 2.47. The van der Waals surface area contributed by atoms with E-state index in [-0.39, 0.29) is 0 Å². The molecule has 0 atom stereocenters. The van der Waals surface area contributed by atoms with Crippen LogP contribution in [0.5, 0.6) is 0 Å². The lowest BCUT2D eigenvalue weighted by Gasteiger charge is -2.27. The third kappa shape index (κ3) is 4.57. The van der Waals surface area contributed by atoms with Crippen molar-refractivity contribution in [2.24, 2.45) is 0 Å². The van der Waals surface area contributed by atoms with E-state index in [0.29, 0.717) is 0 Å². The molecule has 234 valence electrons. The standard InChI is InChI=1S/C48H31NO/c1-2-12-32(13-3-1)35-17-10-18-37(30-35)49(38-26-27-41-36(31-38)25-24-34-15-5-6-19-39(34)41)45-29-28-43(42-22-11-16-33-14-4-7-20-40(33)42)48-47(45)44-21-8-9-23-46(44)50-48/h1-31H. The van der Waals surface area contributed by atoms with E-state index in [1.54, 1.807) is 0 Å². The average Bonchev–Trinajstić information content (AvgIpc) is 3.58. The molecule has 50 heavy (non-hydrogen) atoms. The normalized spacial score (nSPS) is 11.6. The minimum absolute atomic E-state index is 0.874. The maximum Gasteiger partial charge on any atom is 0.145 e. The topological polar surface area (TPSA) is 16.4 Å². The Balaban J connectivity index is 1.27. The molecule has 0 fully saturated rings. The Morgan fingerprint density at radius 3 is 1.88 bits per heavy atom. The van der Waals surface area contributed by atoms with Crippen molar-refractivity contribution >= 4 is 71.3 Å². The highest BCUT2D eigenvalue weighted by atomic mass is 16.3. The lowest BCUT2D eigenvalue weighted by Crippen LogP contribution is -2.10. The number of furan rings is 1. The van der Waals surface area contributed by atoms with Gasteiger partial charge in [0.05, 0.1) is 11.1 Å². The second-order valence-corrected chi connectivity index (χ2v) is 12.9. The van der Waals surface area contributed by atoms with Crippen LogP contribution in [0.2, 0.25) is 0 Å². The fraction of sp³-hybridized carbons (Fsp3) is 0. The highest BCUT2D eigenvalue weighted by molar-refractivity contribution is 6.19. The molecule has 0 unspecified atom stereocenters. The predicted molar refractivity (Wildman–Crippen MR) is 212 cm³/mol. The molecule has 10 rings (SSSR count). The van der Waals surface area contributed by atoms with Crippen molar-refractivity contribution in [3.05, 3.63) is 188 Å². The first-order chi connectivity index (χ1) is 24.8. The molecule has 0 saturated heterocycles. The van der Waals surface area contributed by atoms with E-state index >= 15 is 0 Å². The fourth-order valence-electron chi connectivity index (χ4n) is 7.69. The van der Waals surface area contributed by atoms with Crippen LogP contribution in [0.4, 0.5) is 17.1 Å². The first-order valence-corrected chi connectivity index (χ1v) is 17.1. The van der Waals surface area contributed by atoms with Gasteiger partial charge in [-0.3, -0.25) is 0 Å². The lowest BCUT2D eigenvalue weighted by molar-refractivity contribution is 0.670. The largest absolute Gasteiger partial charge is 0.455 e. The van der Waals surface area contributed by atoms with E-state index in [1.165, 1.54) is 43.4 Å². The molecule has 1 heterocycles. The second-order valence-electron chi connectivity index (χ2n) is 12.9. The number of benzene rings is 9. The van der Waals surface area contributed by atoms with E-state index in [0.717, 1.165) is 50.1 Å². The maximum atomic E-state index is 6.83. The van der Waals surface area contributed by atoms with Gasteiger partial charge in [-0.15, -0.1) is 0 Å².